The second-order valence-corrected chi connectivity index (χ2v) is 6.46. The van der Waals surface area contributed by atoms with E-state index in [4.69, 9.17) is 26.8 Å². The van der Waals surface area contributed by atoms with E-state index in [1.807, 2.05) is 55.6 Å². The van der Waals surface area contributed by atoms with E-state index in [1.165, 1.54) is 0 Å². The zero-order valence-electron chi connectivity index (χ0n) is 13.4. The lowest BCUT2D eigenvalue weighted by molar-refractivity contribution is 0.137. The Labute approximate surface area is 146 Å². The first-order chi connectivity index (χ1) is 11.5. The number of likely N-dealkylation sites (N-methyl/N-ethyl adjacent to an activating group) is 1. The molecule has 5 nitrogen and oxygen atoms in total. The zero-order chi connectivity index (χ0) is 17.2. The minimum atomic E-state index is -0.280. The smallest absolute Gasteiger partial charge is 0.489 e. The highest BCUT2D eigenvalue weighted by Gasteiger charge is 2.47. The number of amides is 1. The van der Waals surface area contributed by atoms with Crippen molar-refractivity contribution in [2.24, 2.45) is 5.73 Å². The van der Waals surface area contributed by atoms with Crippen molar-refractivity contribution in [2.45, 2.75) is 12.7 Å². The highest BCUT2D eigenvalue weighted by molar-refractivity contribution is 6.30. The molecule has 0 aromatic heterocycles. The van der Waals surface area contributed by atoms with Gasteiger partial charge in [-0.25, -0.2) is 0 Å². The summed E-state index contributed by atoms with van der Waals surface area (Å²) in [6.07, 6.45) is -0.515. The first kappa shape index (κ1) is 16.8. The number of carbonyl (C=O) groups excluding carboxylic acids is 1. The maximum absolute atomic E-state index is 12.1. The molecule has 3 rings (SSSR count). The Morgan fingerprint density at radius 2 is 2.04 bits per heavy atom. The van der Waals surface area contributed by atoms with Crippen LogP contribution in [0.5, 0.6) is 5.75 Å². The summed E-state index contributed by atoms with van der Waals surface area (Å²) < 4.78 is 11.2. The minimum Gasteiger partial charge on any atom is -0.489 e. The van der Waals surface area contributed by atoms with Gasteiger partial charge in [-0.05, 0) is 29.8 Å². The van der Waals surface area contributed by atoms with Crippen LogP contribution in [0.4, 0.5) is 10.5 Å². The molecule has 2 atom stereocenters. The Morgan fingerprint density at radius 3 is 2.67 bits per heavy atom. The molecule has 0 aliphatic carbocycles. The molecule has 1 aliphatic heterocycles. The summed E-state index contributed by atoms with van der Waals surface area (Å²) in [5, 5.41) is 0.686. The number of hydrogen-bond acceptors (Lipinski definition) is 4. The number of nitrogens with zero attached hydrogens (tertiary/aromatic N) is 1. The first-order valence-electron chi connectivity index (χ1n) is 7.76. The van der Waals surface area contributed by atoms with Gasteiger partial charge < -0.3 is 15.2 Å². The predicted octanol–water partition coefficient (Wildman–Crippen LogP) is 3.33. The largest absolute Gasteiger partial charge is 0.521 e. The fraction of sp³-hybridized carbons (Fsp3) is 0.278. The third-order valence-electron chi connectivity index (χ3n) is 4.20. The summed E-state index contributed by atoms with van der Waals surface area (Å²) in [7, 11) is 1.83. The normalized spacial score (nSPS) is 23.1. The molecule has 0 spiro atoms. The van der Waals surface area contributed by atoms with Crippen LogP contribution in [0.1, 0.15) is 5.56 Å². The van der Waals surface area contributed by atoms with E-state index in [-0.39, 0.29) is 16.7 Å². The van der Waals surface area contributed by atoms with E-state index < -0.39 is 0 Å². The van der Waals surface area contributed by atoms with E-state index in [1.54, 1.807) is 0 Å². The number of rotatable bonds is 5. The van der Waals surface area contributed by atoms with Gasteiger partial charge in [0.15, 0.2) is 6.10 Å². The number of quaternary nitrogens is 1. The van der Waals surface area contributed by atoms with E-state index in [0.29, 0.717) is 24.7 Å². The van der Waals surface area contributed by atoms with Crippen LogP contribution in [0, 0.1) is 0 Å². The molecule has 0 bridgehead atoms. The van der Waals surface area contributed by atoms with Crippen molar-refractivity contribution in [3.63, 3.8) is 0 Å². The summed E-state index contributed by atoms with van der Waals surface area (Å²) in [5.41, 5.74) is 7.46. The maximum Gasteiger partial charge on any atom is 0.521 e. The Hall–Kier alpha value is -2.08. The number of hydrogen-bond donors (Lipinski definition) is 1. The van der Waals surface area contributed by atoms with Gasteiger partial charge in [-0.2, -0.15) is 9.28 Å². The van der Waals surface area contributed by atoms with Crippen molar-refractivity contribution in [2.75, 3.05) is 20.1 Å². The number of carbonyl (C=O) groups is 1. The molecule has 2 unspecified atom stereocenters. The molecular formula is C18H20ClN2O3+. The summed E-state index contributed by atoms with van der Waals surface area (Å²) in [6.45, 7) is 1.31. The van der Waals surface area contributed by atoms with Crippen LogP contribution in [0.15, 0.2) is 48.5 Å². The molecule has 2 aromatic rings. The van der Waals surface area contributed by atoms with E-state index in [9.17, 15) is 4.79 Å². The lowest BCUT2D eigenvalue weighted by atomic mass is 10.2. The monoisotopic (exact) mass is 347 g/mol. The zero-order valence-corrected chi connectivity index (χ0v) is 14.2. The van der Waals surface area contributed by atoms with E-state index in [0.717, 1.165) is 17.0 Å². The summed E-state index contributed by atoms with van der Waals surface area (Å²) in [5.74, 6) is 0.730. The van der Waals surface area contributed by atoms with Gasteiger partial charge in [0, 0.05) is 23.7 Å². The Kier molecular flexibility index (Phi) is 4.76. The van der Waals surface area contributed by atoms with Crippen LogP contribution in [0.25, 0.3) is 0 Å². The lowest BCUT2D eigenvalue weighted by Gasteiger charge is -2.22. The third-order valence-corrected chi connectivity index (χ3v) is 4.44. The van der Waals surface area contributed by atoms with Gasteiger partial charge in [-0.1, -0.05) is 23.7 Å². The summed E-state index contributed by atoms with van der Waals surface area (Å²) in [6, 6.07) is 15.0. The van der Waals surface area contributed by atoms with Crippen LogP contribution in [0.3, 0.4) is 0 Å². The lowest BCUT2D eigenvalue weighted by Crippen LogP contribution is -2.46. The molecule has 1 heterocycles. The fourth-order valence-corrected chi connectivity index (χ4v) is 2.99. The molecule has 2 aromatic carbocycles. The van der Waals surface area contributed by atoms with Gasteiger partial charge in [0.05, 0.1) is 7.05 Å². The highest BCUT2D eigenvalue weighted by Crippen LogP contribution is 2.30. The molecular weight excluding hydrogens is 328 g/mol. The molecule has 2 N–H and O–H groups in total. The minimum absolute atomic E-state index is 0.0937. The van der Waals surface area contributed by atoms with Crippen LogP contribution in [-0.4, -0.2) is 32.3 Å². The molecule has 6 heteroatoms. The molecule has 1 aliphatic rings. The molecule has 1 amide bonds. The van der Waals surface area contributed by atoms with Gasteiger partial charge in [0.1, 0.15) is 24.6 Å². The van der Waals surface area contributed by atoms with Crippen molar-refractivity contribution >= 4 is 23.4 Å². The van der Waals surface area contributed by atoms with Crippen LogP contribution in [0.2, 0.25) is 5.02 Å². The van der Waals surface area contributed by atoms with Crippen molar-refractivity contribution in [1.82, 2.24) is 4.48 Å². The third kappa shape index (κ3) is 3.38. The quantitative estimate of drug-likeness (QED) is 0.843. The summed E-state index contributed by atoms with van der Waals surface area (Å²) in [4.78, 5) is 12.1. The van der Waals surface area contributed by atoms with Gasteiger partial charge in [-0.3, -0.25) is 0 Å². The van der Waals surface area contributed by atoms with Crippen molar-refractivity contribution in [3.05, 3.63) is 59.1 Å². The highest BCUT2D eigenvalue weighted by atomic mass is 35.5. The molecule has 126 valence electrons. The predicted molar refractivity (Wildman–Crippen MR) is 94.1 cm³/mol. The fourth-order valence-electron chi connectivity index (χ4n) is 2.78. The Bertz CT molecular complexity index is 735. The van der Waals surface area contributed by atoms with Crippen molar-refractivity contribution in [3.8, 4) is 5.75 Å². The maximum atomic E-state index is 12.1. The van der Waals surface area contributed by atoms with Gasteiger partial charge >= 0.3 is 6.09 Å². The van der Waals surface area contributed by atoms with Gasteiger partial charge in [0.25, 0.3) is 0 Å². The van der Waals surface area contributed by atoms with Crippen LogP contribution in [-0.2, 0) is 11.3 Å². The molecule has 0 radical (unpaired) electrons. The first-order valence-corrected chi connectivity index (χ1v) is 8.14. The summed E-state index contributed by atoms with van der Waals surface area (Å²) >= 11 is 5.96. The van der Waals surface area contributed by atoms with Crippen molar-refractivity contribution in [1.29, 1.82) is 0 Å². The number of ether oxygens (including phenoxy) is 2. The van der Waals surface area contributed by atoms with E-state index >= 15 is 0 Å². The number of benzene rings is 2. The van der Waals surface area contributed by atoms with Crippen LogP contribution >= 0.6 is 11.6 Å². The van der Waals surface area contributed by atoms with Gasteiger partial charge in [0.2, 0.25) is 0 Å². The molecule has 1 fully saturated rings. The van der Waals surface area contributed by atoms with Crippen LogP contribution < -0.4 is 15.0 Å². The average Bonchev–Trinajstić information content (AvgIpc) is 2.89. The Balaban J connectivity index is 1.68. The van der Waals surface area contributed by atoms with Gasteiger partial charge in [-0.15, -0.1) is 0 Å². The Morgan fingerprint density at radius 1 is 1.29 bits per heavy atom. The number of nitrogens with two attached hydrogens (primary N) is 1. The molecule has 24 heavy (non-hydrogen) atoms. The SMILES string of the molecule is C[N+]1(c2ccc(OCc3cccc(Cl)c3)cc2)CC(CN)OC1=O. The second kappa shape index (κ2) is 6.81. The molecule has 1 saturated heterocycles. The second-order valence-electron chi connectivity index (χ2n) is 6.03. The molecule has 0 saturated carbocycles. The number of halogens is 1. The number of cyclic esters (lactones) is 1. The topological polar surface area (TPSA) is 61.6 Å². The average molecular weight is 348 g/mol. The van der Waals surface area contributed by atoms with Crippen molar-refractivity contribution < 1.29 is 14.3 Å². The van der Waals surface area contributed by atoms with E-state index in [2.05, 4.69) is 0 Å². The standard InChI is InChI=1S/C18H20ClN2O3/c1-21(11-17(10-20)24-18(21)22)15-5-7-16(8-6-15)23-12-13-3-2-4-14(19)9-13/h2-9,17H,10-12,20H2,1H3/q+1.